The first-order chi connectivity index (χ1) is 45.6. The molecule has 0 saturated carbocycles. The monoisotopic (exact) mass is 1410 g/mol. The number of benzene rings is 7. The highest BCUT2D eigenvalue weighted by atomic mass is 35.5. The third kappa shape index (κ3) is 27.7. The normalized spacial score (nSPS) is 11.1. The van der Waals surface area contributed by atoms with Crippen molar-refractivity contribution in [3.63, 3.8) is 0 Å². The second kappa shape index (κ2) is 39.1. The molecular formula is C64H59Cl2F11N8O12. The second-order valence-electron chi connectivity index (χ2n) is 19.7. The number of nitrogens with two attached hydrogens (primary N) is 3. The van der Waals surface area contributed by atoms with Gasteiger partial charge in [0.25, 0.3) is 11.4 Å². The minimum Gasteiger partial charge on any atom is -0.465 e. The maximum Gasteiger partial charge on any atom is 0.435 e. The Morgan fingerprint density at radius 1 is 0.639 bits per heavy atom. The van der Waals surface area contributed by atoms with Crippen LogP contribution in [0.25, 0.3) is 5.69 Å². The van der Waals surface area contributed by atoms with Crippen molar-refractivity contribution in [3.05, 3.63) is 267 Å². The highest BCUT2D eigenvalue weighted by Gasteiger charge is 2.35. The Hall–Kier alpha value is -10.0. The molecule has 0 aliphatic carbocycles. The molecule has 8 aromatic rings. The molecule has 0 aliphatic heterocycles. The number of aliphatic hydroxyl groups is 4. The molecule has 7 aromatic carbocycles. The zero-order valence-corrected chi connectivity index (χ0v) is 52.2. The number of nitro benzene ring substituents is 2. The molecule has 0 spiro atoms. The molecule has 0 radical (unpaired) electrons. The topological polar surface area (TPSA) is 336 Å². The Kier molecular flexibility index (Phi) is 32.8. The van der Waals surface area contributed by atoms with Crippen LogP contribution in [0, 0.1) is 49.3 Å². The van der Waals surface area contributed by atoms with Gasteiger partial charge in [-0.15, -0.1) is 0 Å². The fourth-order valence-electron chi connectivity index (χ4n) is 7.57. The number of non-ortho nitro benzene ring substituents is 2. The Morgan fingerprint density at radius 3 is 1.55 bits per heavy atom. The second-order valence-corrected chi connectivity index (χ2v) is 20.5. The van der Waals surface area contributed by atoms with Crippen molar-refractivity contribution in [1.29, 1.82) is 0 Å². The maximum absolute atomic E-state index is 13.7. The first-order valence-corrected chi connectivity index (χ1v) is 28.3. The van der Waals surface area contributed by atoms with E-state index in [2.05, 4.69) is 14.8 Å². The van der Waals surface area contributed by atoms with Crippen LogP contribution in [-0.4, -0.2) is 83.1 Å². The number of methoxy groups -OCH3 is 1. The van der Waals surface area contributed by atoms with E-state index in [-0.39, 0.29) is 102 Å². The molecule has 0 saturated heterocycles. The Labute approximate surface area is 554 Å². The molecule has 0 atom stereocenters. The van der Waals surface area contributed by atoms with Gasteiger partial charge in [0.2, 0.25) is 0 Å². The quantitative estimate of drug-likeness (QED) is 0.0105. The lowest BCUT2D eigenvalue weighted by atomic mass is 10.0. The van der Waals surface area contributed by atoms with Gasteiger partial charge in [-0.1, -0.05) is 65.7 Å². The minimum absolute atomic E-state index is 0.00357. The van der Waals surface area contributed by atoms with E-state index in [1.165, 1.54) is 67.6 Å². The number of aliphatic hydroxyl groups excluding tert-OH is 4. The van der Waals surface area contributed by atoms with Crippen LogP contribution in [0.1, 0.15) is 68.5 Å². The number of esters is 1. The number of aryl methyl sites for hydroxylation is 1. The molecular weight excluding hydrogens is 1350 g/mol. The molecule has 0 aliphatic rings. The number of halogens is 13. The van der Waals surface area contributed by atoms with Crippen LogP contribution in [-0.2, 0) is 66.2 Å². The molecule has 33 heteroatoms. The van der Waals surface area contributed by atoms with E-state index in [9.17, 15) is 82.9 Å². The first-order valence-electron chi connectivity index (χ1n) is 27.6. The summed E-state index contributed by atoms with van der Waals surface area (Å²) in [7, 11) is 1.10. The number of ether oxygens (including phenoxy) is 1. The standard InChI is InChI=1S/C21H17ClF4N2O2.C11H11ClF3N3.C10H11FO2.C8H6FNO4.C7H6FNO3.C7H8FNO/c22-15-2-1-3-16(10-15)28-17(11-20(27-28)21(24,25)26)6-7-18(30)8-13-4-5-14(12-29)19(23)9-13;12-7-2-1-3-8(4-7)18-9(6-16)5-10(17)11(13,14)15;1-7(13)4-8-2-3-9(6-12)10(11)5-8;1-14-8(11)6-3-2-5(10(12)13)4-7(6)9;8-7-3-6(9(11)12)2-1-5(7)4-10;8-7-3-6(9)2-1-5(7)4-10/h1-5,9-11,29H,6-8,12H2;1-5H,6,16-17H2;2-3,5,12H,4,6H2,1H3;2-4H,1H3;1-3,10H,4H2;1-3,10H,4,9H2. The maximum atomic E-state index is 13.7. The highest BCUT2D eigenvalue weighted by Crippen LogP contribution is 2.31. The average Bonchev–Trinajstić information content (AvgIpc) is 1.67. The molecule has 0 bridgehead atoms. The van der Waals surface area contributed by atoms with Crippen molar-refractivity contribution in [1.82, 2.24) is 9.78 Å². The van der Waals surface area contributed by atoms with Crippen LogP contribution in [0.2, 0.25) is 10.0 Å². The number of allylic oxidation sites excluding steroid dienone is 1. The molecule has 97 heavy (non-hydrogen) atoms. The summed E-state index contributed by atoms with van der Waals surface area (Å²) >= 11 is 11.7. The third-order valence-electron chi connectivity index (χ3n) is 12.4. The summed E-state index contributed by atoms with van der Waals surface area (Å²) in [6, 6.07) is 32.0. The summed E-state index contributed by atoms with van der Waals surface area (Å²) in [5.41, 5.74) is 15.2. The van der Waals surface area contributed by atoms with Gasteiger partial charge >= 0.3 is 18.3 Å². The molecule has 1 heterocycles. The summed E-state index contributed by atoms with van der Waals surface area (Å²) in [6.45, 7) is -0.210. The smallest absolute Gasteiger partial charge is 0.435 e. The van der Waals surface area contributed by atoms with E-state index in [1.54, 1.807) is 48.5 Å². The number of nitro groups is 2. The summed E-state index contributed by atoms with van der Waals surface area (Å²) in [4.78, 5) is 56.8. The predicted octanol–water partition coefficient (Wildman–Crippen LogP) is 12.8. The molecule has 518 valence electrons. The lowest BCUT2D eigenvalue weighted by Crippen LogP contribution is -2.22. The van der Waals surface area contributed by atoms with Crippen LogP contribution in [0.4, 0.5) is 71.0 Å². The van der Waals surface area contributed by atoms with E-state index >= 15 is 0 Å². The van der Waals surface area contributed by atoms with Crippen LogP contribution < -0.4 is 17.2 Å². The van der Waals surface area contributed by atoms with Gasteiger partial charge in [0, 0.05) is 81.6 Å². The van der Waals surface area contributed by atoms with Crippen LogP contribution in [0.5, 0.6) is 0 Å². The zero-order chi connectivity index (χ0) is 72.9. The number of carbonyl (C=O) groups excluding carboxylic acids is 3. The largest absolute Gasteiger partial charge is 0.465 e. The molecule has 0 fully saturated rings. The van der Waals surface area contributed by atoms with Crippen LogP contribution in [0.15, 0.2) is 162 Å². The number of hydrogen-bond acceptors (Lipinski definition) is 17. The molecule has 0 amide bonds. The number of aliphatic imine (C=N–C) groups is 1. The SMILES string of the molecule is CC(=O)Cc1ccc(CO)c(F)c1.COC(=O)c1ccc([N+](=O)[O-])cc1F.NCC(C=C(N)C(F)(F)F)=Nc1cccc(Cl)c1.Nc1ccc(CO)c(F)c1.O=C(CCc1cc(C(F)(F)F)nn1-c1cccc(Cl)c1)Cc1ccc(CO)c(F)c1.O=[N+]([O-])c1ccc(CO)c(F)c1. The van der Waals surface area contributed by atoms with Gasteiger partial charge in [0.05, 0.1) is 78.2 Å². The Bertz CT molecular complexity index is 4080. The molecule has 10 N–H and O–H groups in total. The van der Waals surface area contributed by atoms with Gasteiger partial charge < -0.3 is 42.4 Å². The van der Waals surface area contributed by atoms with Crippen LogP contribution in [0.3, 0.4) is 0 Å². The van der Waals surface area contributed by atoms with E-state index in [0.717, 1.165) is 42.1 Å². The summed E-state index contributed by atoms with van der Waals surface area (Å²) in [5, 5.41) is 59.5. The number of aromatic nitrogens is 2. The molecule has 20 nitrogen and oxygen atoms in total. The number of ketones is 2. The van der Waals surface area contributed by atoms with Gasteiger partial charge in [-0.25, -0.2) is 31.4 Å². The summed E-state index contributed by atoms with van der Waals surface area (Å²) < 4.78 is 147. The number of anilines is 1. The molecule has 0 unspecified atom stereocenters. The number of rotatable bonds is 18. The van der Waals surface area contributed by atoms with Gasteiger partial charge in [0.15, 0.2) is 5.69 Å². The Morgan fingerprint density at radius 2 is 1.11 bits per heavy atom. The lowest BCUT2D eigenvalue weighted by molar-refractivity contribution is -0.385. The van der Waals surface area contributed by atoms with Gasteiger partial charge in [0.1, 0.15) is 46.3 Å². The van der Waals surface area contributed by atoms with Crippen LogP contribution >= 0.6 is 23.2 Å². The Balaban J connectivity index is 0.000000318. The van der Waals surface area contributed by atoms with Crippen molar-refractivity contribution in [3.8, 4) is 5.69 Å². The molecule has 8 rings (SSSR count). The summed E-state index contributed by atoms with van der Waals surface area (Å²) in [6.07, 6.45) is -8.37. The van der Waals surface area contributed by atoms with E-state index in [1.807, 2.05) is 0 Å². The van der Waals surface area contributed by atoms with Gasteiger partial charge in [-0.2, -0.15) is 31.4 Å². The van der Waals surface area contributed by atoms with Crippen molar-refractivity contribution < 1.29 is 97.7 Å². The number of nitrogen functional groups attached to an aromatic ring is 1. The number of Topliss-reactive ketones (excluding diaryl/α,β-unsaturated/α-hetero) is 2. The van der Waals surface area contributed by atoms with E-state index < -0.39 is 87.5 Å². The summed E-state index contributed by atoms with van der Waals surface area (Å²) in [5.74, 6) is -4.38. The number of nitrogens with zero attached hydrogens (tertiary/aromatic N) is 5. The number of alkyl halides is 6. The number of hydrogen-bond donors (Lipinski definition) is 7. The minimum atomic E-state index is -4.63. The van der Waals surface area contributed by atoms with Gasteiger partial charge in [-0.3, -0.25) is 34.8 Å². The van der Waals surface area contributed by atoms with E-state index in [4.69, 9.17) is 60.8 Å². The predicted molar refractivity (Wildman–Crippen MR) is 336 cm³/mol. The van der Waals surface area contributed by atoms with Crippen molar-refractivity contribution in [2.75, 3.05) is 19.4 Å². The average molecular weight is 1410 g/mol. The van der Waals surface area contributed by atoms with Crippen molar-refractivity contribution in [2.45, 2.75) is 71.4 Å². The van der Waals surface area contributed by atoms with E-state index in [0.29, 0.717) is 50.4 Å². The zero-order valence-electron chi connectivity index (χ0n) is 50.7. The van der Waals surface area contributed by atoms with Crippen molar-refractivity contribution >= 4 is 69.2 Å². The fourth-order valence-corrected chi connectivity index (χ4v) is 7.94. The fraction of sp³-hybridized carbons (Fsp3) is 0.203. The molecule has 1 aromatic heterocycles. The third-order valence-corrected chi connectivity index (χ3v) is 12.9. The highest BCUT2D eigenvalue weighted by molar-refractivity contribution is 6.31. The first kappa shape index (κ1) is 81.2. The number of carbonyl (C=O) groups is 3. The lowest BCUT2D eigenvalue weighted by Gasteiger charge is -2.08. The van der Waals surface area contributed by atoms with Crippen molar-refractivity contribution in [2.24, 2.45) is 16.5 Å². The van der Waals surface area contributed by atoms with Gasteiger partial charge in [-0.05, 0) is 109 Å².